The smallest absolute Gasteiger partial charge is 0.251 e. The number of nitriles is 1. The number of amides is 1. The zero-order chi connectivity index (χ0) is 12.0. The minimum atomic E-state index is -0.249. The van der Waals surface area contributed by atoms with E-state index in [-0.39, 0.29) is 11.7 Å². The molecule has 1 rings (SSSR count). The van der Waals surface area contributed by atoms with Gasteiger partial charge < -0.3 is 10.4 Å². The number of halogens is 1. The zero-order valence-electron chi connectivity index (χ0n) is 8.53. The number of hydrogen-bond acceptors (Lipinski definition) is 3. The summed E-state index contributed by atoms with van der Waals surface area (Å²) in [6, 6.07) is 6.62. The lowest BCUT2D eigenvalue weighted by Crippen LogP contribution is -2.24. The van der Waals surface area contributed by atoms with E-state index in [1.165, 1.54) is 6.07 Å². The SMILES string of the molecule is N#CCCCNC(=O)c1ccc(Br)c(O)c1. The molecule has 0 fully saturated rings. The van der Waals surface area contributed by atoms with Crippen LogP contribution in [0.15, 0.2) is 22.7 Å². The molecule has 0 saturated heterocycles. The summed E-state index contributed by atoms with van der Waals surface area (Å²) in [5.41, 5.74) is 0.401. The van der Waals surface area contributed by atoms with Crippen molar-refractivity contribution < 1.29 is 9.90 Å². The molecule has 84 valence electrons. The molecular weight excluding hydrogens is 272 g/mol. The van der Waals surface area contributed by atoms with Crippen LogP contribution in [0.3, 0.4) is 0 Å². The Labute approximate surface area is 102 Å². The highest BCUT2D eigenvalue weighted by Gasteiger charge is 2.07. The lowest BCUT2D eigenvalue weighted by Gasteiger charge is -2.04. The third-order valence-electron chi connectivity index (χ3n) is 1.96. The maximum atomic E-state index is 11.6. The van der Waals surface area contributed by atoms with Crippen LogP contribution in [0.4, 0.5) is 0 Å². The lowest BCUT2D eigenvalue weighted by atomic mass is 10.2. The van der Waals surface area contributed by atoms with E-state index in [1.54, 1.807) is 12.1 Å². The van der Waals surface area contributed by atoms with Gasteiger partial charge in [0, 0.05) is 18.5 Å². The molecular formula is C11H11BrN2O2. The largest absolute Gasteiger partial charge is 0.507 e. The summed E-state index contributed by atoms with van der Waals surface area (Å²) < 4.78 is 0.550. The number of phenols is 1. The Morgan fingerprint density at radius 1 is 1.56 bits per heavy atom. The Morgan fingerprint density at radius 3 is 2.94 bits per heavy atom. The van der Waals surface area contributed by atoms with Gasteiger partial charge in [-0.1, -0.05) is 0 Å². The summed E-state index contributed by atoms with van der Waals surface area (Å²) in [5, 5.41) is 20.4. The van der Waals surface area contributed by atoms with Gasteiger partial charge in [-0.2, -0.15) is 5.26 Å². The highest BCUT2D eigenvalue weighted by molar-refractivity contribution is 9.10. The molecule has 16 heavy (non-hydrogen) atoms. The van der Waals surface area contributed by atoms with E-state index in [4.69, 9.17) is 5.26 Å². The molecule has 1 amide bonds. The molecule has 0 atom stereocenters. The van der Waals surface area contributed by atoms with Crippen molar-refractivity contribution >= 4 is 21.8 Å². The Balaban J connectivity index is 2.53. The van der Waals surface area contributed by atoms with Crippen molar-refractivity contribution in [1.82, 2.24) is 5.32 Å². The molecule has 0 radical (unpaired) electrons. The van der Waals surface area contributed by atoms with Gasteiger partial charge in [0.25, 0.3) is 5.91 Å². The summed E-state index contributed by atoms with van der Waals surface area (Å²) in [7, 11) is 0. The number of nitrogens with one attached hydrogen (secondary N) is 1. The summed E-state index contributed by atoms with van der Waals surface area (Å²) >= 11 is 3.13. The van der Waals surface area contributed by atoms with Crippen molar-refractivity contribution in [1.29, 1.82) is 5.26 Å². The summed E-state index contributed by atoms with van der Waals surface area (Å²) in [5.74, 6) is -0.217. The average Bonchev–Trinajstić information content (AvgIpc) is 2.28. The Morgan fingerprint density at radius 2 is 2.31 bits per heavy atom. The van der Waals surface area contributed by atoms with Crippen molar-refractivity contribution in [3.05, 3.63) is 28.2 Å². The van der Waals surface area contributed by atoms with Crippen LogP contribution in [0.5, 0.6) is 5.75 Å². The number of nitrogens with zero attached hydrogens (tertiary/aromatic N) is 1. The van der Waals surface area contributed by atoms with Gasteiger partial charge in [-0.3, -0.25) is 4.79 Å². The van der Waals surface area contributed by atoms with Gasteiger partial charge in [0.1, 0.15) is 5.75 Å². The Bertz CT molecular complexity index is 426. The zero-order valence-corrected chi connectivity index (χ0v) is 10.1. The predicted molar refractivity (Wildman–Crippen MR) is 63.0 cm³/mol. The number of rotatable bonds is 4. The molecule has 4 nitrogen and oxygen atoms in total. The number of carbonyl (C=O) groups is 1. The second-order valence-electron chi connectivity index (χ2n) is 3.18. The first-order valence-corrected chi connectivity index (χ1v) is 5.58. The van der Waals surface area contributed by atoms with E-state index in [0.717, 1.165) is 0 Å². The average molecular weight is 283 g/mol. The van der Waals surface area contributed by atoms with Crippen LogP contribution in [0.2, 0.25) is 0 Å². The fourth-order valence-electron chi connectivity index (χ4n) is 1.13. The first kappa shape index (κ1) is 12.5. The van der Waals surface area contributed by atoms with Gasteiger partial charge in [0.05, 0.1) is 10.5 Å². The van der Waals surface area contributed by atoms with Gasteiger partial charge >= 0.3 is 0 Å². The quantitative estimate of drug-likeness (QED) is 0.832. The lowest BCUT2D eigenvalue weighted by molar-refractivity contribution is 0.0953. The van der Waals surface area contributed by atoms with Gasteiger partial charge in [-0.05, 0) is 40.5 Å². The van der Waals surface area contributed by atoms with Crippen molar-refractivity contribution in [3.8, 4) is 11.8 Å². The number of benzene rings is 1. The van der Waals surface area contributed by atoms with Gasteiger partial charge in [0.2, 0.25) is 0 Å². The van der Waals surface area contributed by atoms with E-state index < -0.39 is 0 Å². The fourth-order valence-corrected chi connectivity index (χ4v) is 1.37. The normalized spacial score (nSPS) is 9.50. The minimum absolute atomic E-state index is 0.0321. The van der Waals surface area contributed by atoms with Crippen molar-refractivity contribution in [3.63, 3.8) is 0 Å². The third kappa shape index (κ3) is 3.55. The number of aromatic hydroxyl groups is 1. The topological polar surface area (TPSA) is 73.1 Å². The maximum absolute atomic E-state index is 11.6. The molecule has 0 bridgehead atoms. The van der Waals surface area contributed by atoms with Gasteiger partial charge in [-0.15, -0.1) is 0 Å². The Hall–Kier alpha value is -1.54. The van der Waals surface area contributed by atoms with Crippen molar-refractivity contribution in [2.45, 2.75) is 12.8 Å². The molecule has 0 aliphatic carbocycles. The van der Waals surface area contributed by atoms with E-state index >= 15 is 0 Å². The standard InChI is InChI=1S/C11H11BrN2O2/c12-9-4-3-8(7-10(9)15)11(16)14-6-2-1-5-13/h3-4,7,15H,1-2,6H2,(H,14,16). The first-order valence-electron chi connectivity index (χ1n) is 4.79. The molecule has 5 heteroatoms. The first-order chi connectivity index (χ1) is 7.65. The summed E-state index contributed by atoms with van der Waals surface area (Å²) in [6.45, 7) is 0.462. The molecule has 1 aromatic carbocycles. The van der Waals surface area contributed by atoms with E-state index in [9.17, 15) is 9.90 Å². The molecule has 0 heterocycles. The van der Waals surface area contributed by atoms with Crippen molar-refractivity contribution in [2.24, 2.45) is 0 Å². The van der Waals surface area contributed by atoms with Crippen LogP contribution in [-0.4, -0.2) is 17.6 Å². The molecule has 1 aromatic rings. The van der Waals surface area contributed by atoms with E-state index in [0.29, 0.717) is 29.4 Å². The molecule has 0 aliphatic heterocycles. The summed E-state index contributed by atoms with van der Waals surface area (Å²) in [4.78, 5) is 11.6. The van der Waals surface area contributed by atoms with Crippen molar-refractivity contribution in [2.75, 3.05) is 6.54 Å². The molecule has 2 N–H and O–H groups in total. The summed E-state index contributed by atoms with van der Waals surface area (Å²) in [6.07, 6.45) is 1.05. The van der Waals surface area contributed by atoms with E-state index in [1.807, 2.05) is 6.07 Å². The number of phenolic OH excluding ortho intramolecular Hbond substituents is 1. The molecule has 0 unspecified atom stereocenters. The van der Waals surface area contributed by atoms with Crippen LogP contribution in [0.1, 0.15) is 23.2 Å². The second-order valence-corrected chi connectivity index (χ2v) is 4.04. The number of hydrogen-bond donors (Lipinski definition) is 2. The molecule has 0 aliphatic rings. The van der Waals surface area contributed by atoms with E-state index in [2.05, 4.69) is 21.2 Å². The monoisotopic (exact) mass is 282 g/mol. The van der Waals surface area contributed by atoms with Crippen LogP contribution in [-0.2, 0) is 0 Å². The number of unbranched alkanes of at least 4 members (excludes halogenated alkanes) is 1. The van der Waals surface area contributed by atoms with Crippen LogP contribution in [0.25, 0.3) is 0 Å². The van der Waals surface area contributed by atoms with Crippen LogP contribution < -0.4 is 5.32 Å². The van der Waals surface area contributed by atoms with Gasteiger partial charge in [-0.25, -0.2) is 0 Å². The highest BCUT2D eigenvalue weighted by Crippen LogP contribution is 2.24. The molecule has 0 saturated carbocycles. The van der Waals surface area contributed by atoms with Crippen LogP contribution >= 0.6 is 15.9 Å². The molecule has 0 aromatic heterocycles. The highest BCUT2D eigenvalue weighted by atomic mass is 79.9. The Kier molecular flexibility index (Phi) is 4.80. The second kappa shape index (κ2) is 6.13. The minimum Gasteiger partial charge on any atom is -0.507 e. The predicted octanol–water partition coefficient (Wildman–Crippen LogP) is 2.19. The third-order valence-corrected chi connectivity index (χ3v) is 2.63. The molecule has 0 spiro atoms. The number of carbonyl (C=O) groups excluding carboxylic acids is 1. The van der Waals surface area contributed by atoms with Gasteiger partial charge in [0.15, 0.2) is 0 Å². The maximum Gasteiger partial charge on any atom is 0.251 e. The fraction of sp³-hybridized carbons (Fsp3) is 0.273. The van der Waals surface area contributed by atoms with Crippen LogP contribution in [0, 0.1) is 11.3 Å².